The Morgan fingerprint density at radius 2 is 1.11 bits per heavy atom. The van der Waals surface area contributed by atoms with Crippen molar-refractivity contribution in [3.05, 3.63) is 72.8 Å². The highest BCUT2D eigenvalue weighted by molar-refractivity contribution is 7.80. The fourth-order valence-corrected chi connectivity index (χ4v) is 7.55. The van der Waals surface area contributed by atoms with Gasteiger partial charge in [-0.25, -0.2) is 29.9 Å². The number of hydrogen-bond acceptors (Lipinski definition) is 15. The number of benzene rings is 4. The third-order valence-electron chi connectivity index (χ3n) is 10.4. The van der Waals surface area contributed by atoms with Gasteiger partial charge in [-0.15, -0.1) is 0 Å². The van der Waals surface area contributed by atoms with E-state index in [1.165, 1.54) is 0 Å². The Hall–Kier alpha value is -8.17. The monoisotopic (exact) mass is 863 g/mol. The summed E-state index contributed by atoms with van der Waals surface area (Å²) in [5, 5.41) is 19.4. The molecule has 8 bridgehead atoms. The number of carboxylic acids is 1. The number of rotatable bonds is 10. The number of fused-ring (bicyclic) bond motifs is 20. The number of aliphatic carboxylic acids is 1. The van der Waals surface area contributed by atoms with Crippen LogP contribution in [0.1, 0.15) is 12.8 Å². The number of carbonyl (C=O) groups excluding carboxylic acids is 3. The van der Waals surface area contributed by atoms with E-state index in [0.29, 0.717) is 102 Å². The van der Waals surface area contributed by atoms with E-state index in [-0.39, 0.29) is 18.6 Å². The van der Waals surface area contributed by atoms with E-state index in [0.717, 1.165) is 10.8 Å². The van der Waals surface area contributed by atoms with Crippen molar-refractivity contribution in [3.63, 3.8) is 0 Å². The van der Waals surface area contributed by atoms with Crippen LogP contribution < -0.4 is 38.9 Å². The van der Waals surface area contributed by atoms with Gasteiger partial charge in [-0.2, -0.15) is 12.6 Å². The quantitative estimate of drug-likeness (QED) is 0.0694. The molecule has 0 aliphatic carbocycles. The van der Waals surface area contributed by atoms with E-state index < -0.39 is 42.3 Å². The van der Waals surface area contributed by atoms with E-state index in [1.807, 2.05) is 24.3 Å². The number of hydrogen-bond donors (Lipinski definition) is 11. The van der Waals surface area contributed by atoms with Gasteiger partial charge in [0, 0.05) is 78.7 Å². The molecule has 14 N–H and O–H groups in total. The molecule has 0 saturated carbocycles. The molecule has 3 aromatic heterocycles. The van der Waals surface area contributed by atoms with E-state index in [2.05, 4.69) is 38.5 Å². The van der Waals surface area contributed by atoms with E-state index in [9.17, 15) is 19.2 Å². The van der Waals surface area contributed by atoms with Crippen LogP contribution in [0.4, 0.5) is 22.7 Å². The average Bonchev–Trinajstić information content (AvgIpc) is 3.98. The molecular formula is C42H37N15O5S. The molecule has 9 rings (SSSR count). The number of nitrogens with zero attached hydrogens (tertiary/aromatic N) is 6. The number of carboxylic acid groups (broad SMARTS) is 1. The normalized spacial score (nSPS) is 12.6. The summed E-state index contributed by atoms with van der Waals surface area (Å²) < 4.78 is 0. The van der Waals surface area contributed by atoms with Crippen LogP contribution in [0.3, 0.4) is 0 Å². The van der Waals surface area contributed by atoms with Crippen molar-refractivity contribution in [2.24, 2.45) is 5.73 Å². The summed E-state index contributed by atoms with van der Waals surface area (Å²) in [4.78, 5) is 85.9. The number of aromatic nitrogens is 8. The summed E-state index contributed by atoms with van der Waals surface area (Å²) in [6.07, 6.45) is -0.338. The predicted octanol–water partition coefficient (Wildman–Crippen LogP) is 3.28. The molecule has 3 amide bonds. The van der Waals surface area contributed by atoms with Gasteiger partial charge in [-0.05, 0) is 79.2 Å². The summed E-state index contributed by atoms with van der Waals surface area (Å²) in [5.74, 6) is -1.76. The van der Waals surface area contributed by atoms with E-state index >= 15 is 0 Å². The number of nitrogens with one attached hydrogen (secondary N) is 5. The topological polar surface area (TPSA) is 338 Å². The average molecular weight is 864 g/mol. The maximum atomic E-state index is 13.2. The number of anilines is 4. The zero-order chi connectivity index (χ0) is 44.1. The SMILES string of the molecule is Nc1ccc2c(c1)-c1nc-2nc2[nH]c(nc3nc(nc4[nH]c(n1)c1ccc(N)cc41)-c1ccc(N)cc1-3)c1ccc(NC(=O)CNC(=O)[C@H](CS)NC(=O)CC[C@H](N)C(=O)O)cc21. The van der Waals surface area contributed by atoms with Crippen LogP contribution in [0.2, 0.25) is 0 Å². The second kappa shape index (κ2) is 16.0. The van der Waals surface area contributed by atoms with Crippen molar-refractivity contribution in [1.29, 1.82) is 0 Å². The van der Waals surface area contributed by atoms with Crippen molar-refractivity contribution >= 4 is 103 Å². The Morgan fingerprint density at radius 3 is 1.67 bits per heavy atom. The van der Waals surface area contributed by atoms with Crippen LogP contribution >= 0.6 is 12.6 Å². The van der Waals surface area contributed by atoms with Gasteiger partial charge in [0.1, 0.15) is 34.7 Å². The zero-order valence-corrected chi connectivity index (χ0v) is 33.8. The molecule has 4 aromatic carbocycles. The number of nitrogens with two attached hydrogens (primary N) is 4. The lowest BCUT2D eigenvalue weighted by molar-refractivity contribution is -0.138. The summed E-state index contributed by atoms with van der Waals surface area (Å²) >= 11 is 4.15. The molecular weight excluding hydrogens is 827 g/mol. The highest BCUT2D eigenvalue weighted by Gasteiger charge is 2.24. The molecule has 21 heteroatoms. The molecule has 0 radical (unpaired) electrons. The van der Waals surface area contributed by atoms with Crippen molar-refractivity contribution in [1.82, 2.24) is 50.5 Å². The van der Waals surface area contributed by atoms with Crippen LogP contribution in [0.5, 0.6) is 0 Å². The Kier molecular flexibility index (Phi) is 10.2. The van der Waals surface area contributed by atoms with Crippen LogP contribution in [0, 0.1) is 0 Å². The molecule has 0 fully saturated rings. The Labute approximate surface area is 360 Å². The first-order valence-corrected chi connectivity index (χ1v) is 20.1. The highest BCUT2D eigenvalue weighted by atomic mass is 32.1. The first-order valence-electron chi connectivity index (χ1n) is 19.4. The van der Waals surface area contributed by atoms with Gasteiger partial charge < -0.3 is 54.0 Å². The number of carbonyl (C=O) groups is 4. The van der Waals surface area contributed by atoms with Gasteiger partial charge in [0.15, 0.2) is 23.3 Å². The molecule has 2 aliphatic heterocycles. The molecule has 316 valence electrons. The lowest BCUT2D eigenvalue weighted by Gasteiger charge is -2.17. The minimum absolute atomic E-state index is 0.0801. The summed E-state index contributed by atoms with van der Waals surface area (Å²) in [7, 11) is 0. The molecule has 0 unspecified atom stereocenters. The predicted molar refractivity (Wildman–Crippen MR) is 242 cm³/mol. The maximum Gasteiger partial charge on any atom is 0.320 e. The number of aromatic amines is 2. The molecule has 2 aliphatic rings. The minimum atomic E-state index is -1.24. The highest BCUT2D eigenvalue weighted by Crippen LogP contribution is 2.38. The molecule has 20 nitrogen and oxygen atoms in total. The van der Waals surface area contributed by atoms with E-state index in [4.69, 9.17) is 57.9 Å². The third kappa shape index (κ3) is 7.84. The second-order valence-corrected chi connectivity index (χ2v) is 15.2. The smallest absolute Gasteiger partial charge is 0.320 e. The molecule has 0 spiro atoms. The Morgan fingerprint density at radius 1 is 0.619 bits per heavy atom. The van der Waals surface area contributed by atoms with Crippen LogP contribution in [0.15, 0.2) is 72.8 Å². The van der Waals surface area contributed by atoms with Crippen molar-refractivity contribution in [2.75, 3.05) is 34.8 Å². The molecule has 0 saturated heterocycles. The summed E-state index contributed by atoms with van der Waals surface area (Å²) in [6.45, 7) is -0.443. The number of thiol groups is 1. The Bertz CT molecular complexity index is 3250. The largest absolute Gasteiger partial charge is 0.480 e. The van der Waals surface area contributed by atoms with Gasteiger partial charge in [0.25, 0.3) is 0 Å². The van der Waals surface area contributed by atoms with Crippen molar-refractivity contribution in [3.8, 4) is 45.6 Å². The number of nitrogen functional groups attached to an aromatic ring is 3. The Balaban J connectivity index is 1.13. The first kappa shape index (κ1) is 40.2. The van der Waals surface area contributed by atoms with Gasteiger partial charge in [0.05, 0.1) is 6.54 Å². The lowest BCUT2D eigenvalue weighted by atomic mass is 10.1. The number of amides is 3. The molecule has 5 heterocycles. The molecule has 2 atom stereocenters. The lowest BCUT2D eigenvalue weighted by Crippen LogP contribution is -2.49. The zero-order valence-electron chi connectivity index (χ0n) is 32.9. The molecule has 63 heavy (non-hydrogen) atoms. The maximum absolute atomic E-state index is 13.2. The second-order valence-electron chi connectivity index (χ2n) is 14.8. The van der Waals surface area contributed by atoms with Crippen LogP contribution in [-0.2, 0) is 19.2 Å². The van der Waals surface area contributed by atoms with Gasteiger partial charge in [-0.1, -0.05) is 0 Å². The van der Waals surface area contributed by atoms with Crippen LogP contribution in [0.25, 0.3) is 89.7 Å². The van der Waals surface area contributed by atoms with Gasteiger partial charge in [-0.3, -0.25) is 19.2 Å². The molecule has 7 aromatic rings. The fourth-order valence-electron chi connectivity index (χ4n) is 7.29. The minimum Gasteiger partial charge on any atom is -0.480 e. The van der Waals surface area contributed by atoms with Crippen molar-refractivity contribution in [2.45, 2.75) is 24.9 Å². The first-order chi connectivity index (χ1) is 30.3. The van der Waals surface area contributed by atoms with Crippen LogP contribution in [-0.4, -0.2) is 93.1 Å². The third-order valence-corrected chi connectivity index (χ3v) is 10.8. The van der Waals surface area contributed by atoms with E-state index in [1.54, 1.807) is 48.5 Å². The number of H-pyrrole nitrogens is 2. The standard InChI is InChI=1S/C42H37N15O5S/c43-17-1-5-21-25(11-17)37-50-33(21)52-38-27-13-19(45)3-7-23(27)35(54-38)56-40-28-14-20(48-32(59)15-47-41(60)30(16-63)49-31(58)10-9-29(46)42(61)62)4-8-24(28)36(57-40)55-39-26-12-18(44)2-6-22(26)34(51-37)53-39/h1-8,11-14,29-30,63H,9-10,15-16,43-46H2,(H,47,60)(H,48,59)(H,49,58)(H,61,62)(H2,50,51,52,53,54,55,56,57)/t29-,30-/m0/s1. The fraction of sp³-hybridized carbons (Fsp3) is 0.143. The summed E-state index contributed by atoms with van der Waals surface area (Å²) in [6, 6.07) is 19.0. The van der Waals surface area contributed by atoms with Gasteiger partial charge in [0.2, 0.25) is 17.7 Å². The van der Waals surface area contributed by atoms with Crippen molar-refractivity contribution < 1.29 is 24.3 Å². The van der Waals surface area contributed by atoms with Gasteiger partial charge >= 0.3 is 5.97 Å². The summed E-state index contributed by atoms with van der Waals surface area (Å²) in [5.41, 5.74) is 30.5.